The van der Waals surface area contributed by atoms with E-state index >= 15 is 0 Å². The van der Waals surface area contributed by atoms with Gasteiger partial charge < -0.3 is 10.8 Å². The molecule has 5 nitrogen and oxygen atoms in total. The number of hydrogen-bond donors (Lipinski definition) is 2. The molecule has 0 aromatic rings. The molecule has 0 saturated heterocycles. The van der Waals surface area contributed by atoms with Crippen molar-refractivity contribution >= 4 is 14.7 Å². The van der Waals surface area contributed by atoms with Crippen LogP contribution in [0.25, 0.3) is 0 Å². The molecule has 0 aliphatic heterocycles. The average molecular weight is 277 g/mol. The molecule has 2 atom stereocenters. The molecule has 2 unspecified atom stereocenters. The normalized spacial score (nSPS) is 14.6. The Labute approximate surface area is 110 Å². The molecule has 0 rings (SSSR count). The largest absolute Gasteiger partial charge is 0.481 e. The summed E-state index contributed by atoms with van der Waals surface area (Å²) in [5.74, 6) is -1.51. The number of aliphatic carboxylic acids is 1. The van der Waals surface area contributed by atoms with E-state index in [0.717, 1.165) is 25.7 Å². The first kappa shape index (κ1) is 17.5. The van der Waals surface area contributed by atoms with E-state index in [1.54, 1.807) is 0 Å². The highest BCUT2D eigenvalue weighted by Crippen LogP contribution is 2.22. The van der Waals surface area contributed by atoms with E-state index in [1.807, 2.05) is 0 Å². The van der Waals surface area contributed by atoms with Gasteiger partial charge >= 0.3 is 14.7 Å². The summed E-state index contributed by atoms with van der Waals surface area (Å²) in [4.78, 5) is 11.2. The molecule has 3 N–H and O–H groups in total. The van der Waals surface area contributed by atoms with E-state index in [2.05, 4.69) is 6.92 Å². The fourth-order valence-corrected chi connectivity index (χ4v) is 2.35. The van der Waals surface area contributed by atoms with Gasteiger partial charge in [-0.1, -0.05) is 39.0 Å². The third kappa shape index (κ3) is 7.75. The van der Waals surface area contributed by atoms with Crippen LogP contribution in [0.15, 0.2) is 0 Å². The number of unbranched alkanes of at least 4 members (excludes halogenated alkanes) is 4. The summed E-state index contributed by atoms with van der Waals surface area (Å²) >= 11 is 0. The maximum atomic E-state index is 11.2. The van der Waals surface area contributed by atoms with Crippen molar-refractivity contribution in [2.45, 2.75) is 58.0 Å². The molecule has 106 valence electrons. The minimum Gasteiger partial charge on any atom is -0.481 e. The Morgan fingerprint density at radius 3 is 2.44 bits per heavy atom. The second kappa shape index (κ2) is 11.6. The lowest BCUT2D eigenvalue weighted by atomic mass is 9.93. The fraction of sp³-hybridized carbons (Fsp3) is 0.917. The summed E-state index contributed by atoms with van der Waals surface area (Å²) in [6, 6.07) is 0. The van der Waals surface area contributed by atoms with Crippen LogP contribution < -0.4 is 5.73 Å². The topological polar surface area (TPSA) is 89.6 Å². The number of carbonyl (C=O) groups is 1. The van der Waals surface area contributed by atoms with Crippen LogP contribution in [-0.4, -0.2) is 23.7 Å². The highest BCUT2D eigenvalue weighted by molar-refractivity contribution is 7.17. The molecule has 6 heteroatoms. The van der Waals surface area contributed by atoms with Crippen LogP contribution in [0.1, 0.15) is 51.9 Å². The number of carboxylic acid groups (broad SMARTS) is 1. The van der Waals surface area contributed by atoms with E-state index in [1.165, 1.54) is 6.42 Å². The van der Waals surface area contributed by atoms with Crippen LogP contribution >= 0.6 is 8.69 Å². The van der Waals surface area contributed by atoms with Gasteiger partial charge in [-0.2, -0.15) is 0 Å². The van der Waals surface area contributed by atoms with Crippen molar-refractivity contribution < 1.29 is 19.0 Å². The molecule has 0 radical (unpaired) electrons. The van der Waals surface area contributed by atoms with E-state index in [4.69, 9.17) is 10.3 Å². The second-order valence-electron chi connectivity index (χ2n) is 4.44. The summed E-state index contributed by atoms with van der Waals surface area (Å²) in [5, 5.41) is 9.17. The van der Waals surface area contributed by atoms with Crippen molar-refractivity contribution in [2.75, 3.05) is 6.54 Å². The molecule has 0 heterocycles. The maximum absolute atomic E-state index is 11.2. The number of rotatable bonds is 12. The molecule has 0 amide bonds. The van der Waals surface area contributed by atoms with E-state index in [0.29, 0.717) is 19.4 Å². The van der Waals surface area contributed by atoms with Gasteiger partial charge in [-0.15, -0.1) is 0 Å². The lowest BCUT2D eigenvalue weighted by Crippen LogP contribution is -2.30. The molecular formula is C12H24NO4P. The number of hydrogen-bond acceptors (Lipinski definition) is 4. The molecule has 0 aromatic heterocycles. The summed E-state index contributed by atoms with van der Waals surface area (Å²) in [7, 11) is -0.478. The minimum atomic E-state index is -0.896. The Morgan fingerprint density at radius 1 is 1.28 bits per heavy atom. The lowest BCUT2D eigenvalue weighted by Gasteiger charge is -2.20. The molecule has 18 heavy (non-hydrogen) atoms. The number of carboxylic acids is 1. The van der Waals surface area contributed by atoms with Crippen molar-refractivity contribution in [3.05, 3.63) is 0 Å². The van der Waals surface area contributed by atoms with Crippen molar-refractivity contribution in [3.8, 4) is 0 Å². The maximum Gasteiger partial charge on any atom is 0.327 e. The van der Waals surface area contributed by atoms with Crippen LogP contribution in [0.4, 0.5) is 0 Å². The van der Waals surface area contributed by atoms with Crippen LogP contribution in [0, 0.1) is 5.92 Å². The second-order valence-corrected chi connectivity index (χ2v) is 4.80. The molecule has 0 aromatic carbocycles. The minimum absolute atomic E-state index is 0.333. The van der Waals surface area contributed by atoms with E-state index < -0.39 is 26.7 Å². The zero-order chi connectivity index (χ0) is 13.8. The van der Waals surface area contributed by atoms with Crippen LogP contribution in [0.3, 0.4) is 0 Å². The first-order chi connectivity index (χ1) is 8.67. The van der Waals surface area contributed by atoms with E-state index in [9.17, 15) is 14.5 Å². The van der Waals surface area contributed by atoms with Gasteiger partial charge in [-0.05, 0) is 19.4 Å². The summed E-state index contributed by atoms with van der Waals surface area (Å²) in [6.45, 7) is 2.47. The predicted molar refractivity (Wildman–Crippen MR) is 70.7 cm³/mol. The molecule has 0 saturated carbocycles. The third-order valence-electron chi connectivity index (χ3n) is 3.01. The van der Waals surface area contributed by atoms with Crippen molar-refractivity contribution in [2.24, 2.45) is 11.7 Å². The smallest absolute Gasteiger partial charge is 0.327 e. The monoisotopic (exact) mass is 277 g/mol. The van der Waals surface area contributed by atoms with Crippen molar-refractivity contribution in [3.63, 3.8) is 0 Å². The third-order valence-corrected chi connectivity index (χ3v) is 3.37. The Hall–Kier alpha value is -0.510. The molecule has 0 spiro atoms. The SMILES string of the molecule is CCCCCCCC(C(=O)O)C(CCN)OP=O. The highest BCUT2D eigenvalue weighted by atomic mass is 31.1. The molecule has 0 aliphatic carbocycles. The van der Waals surface area contributed by atoms with Gasteiger partial charge in [0.2, 0.25) is 0 Å². The molecular weight excluding hydrogens is 253 g/mol. The predicted octanol–water partition coefficient (Wildman–Crippen LogP) is 2.99. The van der Waals surface area contributed by atoms with Gasteiger partial charge in [-0.3, -0.25) is 9.32 Å². The molecule has 0 bridgehead atoms. The Kier molecular flexibility index (Phi) is 11.2. The van der Waals surface area contributed by atoms with Gasteiger partial charge in [0.15, 0.2) is 0 Å². The zero-order valence-electron chi connectivity index (χ0n) is 11.0. The fourth-order valence-electron chi connectivity index (χ4n) is 1.98. The Morgan fingerprint density at radius 2 is 1.94 bits per heavy atom. The van der Waals surface area contributed by atoms with Crippen LogP contribution in [0.5, 0.6) is 0 Å². The quantitative estimate of drug-likeness (QED) is 0.423. The van der Waals surface area contributed by atoms with E-state index in [-0.39, 0.29) is 0 Å². The highest BCUT2D eigenvalue weighted by Gasteiger charge is 2.28. The molecule has 0 fully saturated rings. The van der Waals surface area contributed by atoms with Gasteiger partial charge in [0, 0.05) is 0 Å². The first-order valence-corrected chi connectivity index (χ1v) is 7.31. The lowest BCUT2D eigenvalue weighted by molar-refractivity contribution is -0.145. The Bertz CT molecular complexity index is 238. The van der Waals surface area contributed by atoms with Crippen molar-refractivity contribution in [1.82, 2.24) is 0 Å². The van der Waals surface area contributed by atoms with Gasteiger partial charge in [0.25, 0.3) is 0 Å². The number of nitrogens with two attached hydrogens (primary N) is 1. The van der Waals surface area contributed by atoms with Crippen molar-refractivity contribution in [1.29, 1.82) is 0 Å². The summed E-state index contributed by atoms with van der Waals surface area (Å²) in [5.41, 5.74) is 5.41. The summed E-state index contributed by atoms with van der Waals surface area (Å²) in [6.07, 6.45) is 5.78. The van der Waals surface area contributed by atoms with Gasteiger partial charge in [-0.25, -0.2) is 4.57 Å². The zero-order valence-corrected chi connectivity index (χ0v) is 11.9. The molecule has 0 aliphatic rings. The summed E-state index contributed by atoms with van der Waals surface area (Å²) < 4.78 is 15.4. The Balaban J connectivity index is 4.16. The van der Waals surface area contributed by atoms with Gasteiger partial charge in [0.05, 0.1) is 12.0 Å². The van der Waals surface area contributed by atoms with Gasteiger partial charge in [0.1, 0.15) is 0 Å². The average Bonchev–Trinajstić information content (AvgIpc) is 2.33. The first-order valence-electron chi connectivity index (χ1n) is 6.58. The van der Waals surface area contributed by atoms with Crippen LogP contribution in [0.2, 0.25) is 0 Å². The van der Waals surface area contributed by atoms with Crippen LogP contribution in [-0.2, 0) is 13.9 Å². The standard InChI is InChI=1S/C12H24NO4P/c1-2-3-4-5-6-7-10(12(14)15)11(8-9-13)17-18-16/h10-11H,2-9,13H2,1H3,(H,14,15).